The van der Waals surface area contributed by atoms with Gasteiger partial charge in [-0.15, -0.1) is 0 Å². The van der Waals surface area contributed by atoms with Crippen molar-refractivity contribution >= 4 is 0 Å². The SMILES string of the molecule is CCc1ccc(OC2c3ccccc3C[C@H]2N2CCC(C)CC2)c(C(C)(C)C)c1. The van der Waals surface area contributed by atoms with Gasteiger partial charge in [-0.1, -0.05) is 71.0 Å². The second kappa shape index (κ2) is 8.14. The molecule has 0 saturated carbocycles. The molecular formula is C27H37NO. The zero-order valence-electron chi connectivity index (χ0n) is 18.9. The van der Waals surface area contributed by atoms with Crippen LogP contribution in [0.2, 0.25) is 0 Å². The van der Waals surface area contributed by atoms with E-state index >= 15 is 0 Å². The van der Waals surface area contributed by atoms with Crippen LogP contribution in [0.25, 0.3) is 0 Å². The summed E-state index contributed by atoms with van der Waals surface area (Å²) in [5.41, 5.74) is 5.62. The lowest BCUT2D eigenvalue weighted by molar-refractivity contribution is 0.0540. The van der Waals surface area contributed by atoms with Gasteiger partial charge >= 0.3 is 0 Å². The molecule has 0 radical (unpaired) electrons. The number of hydrogen-bond acceptors (Lipinski definition) is 2. The van der Waals surface area contributed by atoms with E-state index in [2.05, 4.69) is 82.0 Å². The summed E-state index contributed by atoms with van der Waals surface area (Å²) in [4.78, 5) is 2.70. The Morgan fingerprint density at radius 1 is 1.03 bits per heavy atom. The standard InChI is InChI=1S/C27H37NO/c1-6-20-11-12-25(23(17-20)27(3,4)5)29-26-22-10-8-7-9-21(22)18-24(26)28-15-13-19(2)14-16-28/h7-12,17,19,24,26H,6,13-16,18H2,1-5H3/t24-,26?/m1/s1. The highest BCUT2D eigenvalue weighted by Gasteiger charge is 2.39. The Hall–Kier alpha value is -1.80. The van der Waals surface area contributed by atoms with E-state index in [4.69, 9.17) is 4.74 Å². The van der Waals surface area contributed by atoms with Gasteiger partial charge in [0, 0.05) is 0 Å². The predicted octanol–water partition coefficient (Wildman–Crippen LogP) is 6.32. The Kier molecular flexibility index (Phi) is 5.75. The zero-order chi connectivity index (χ0) is 20.6. The highest BCUT2D eigenvalue weighted by Crippen LogP contribution is 2.42. The highest BCUT2D eigenvalue weighted by molar-refractivity contribution is 5.44. The quantitative estimate of drug-likeness (QED) is 0.604. The largest absolute Gasteiger partial charge is 0.484 e. The van der Waals surface area contributed by atoms with Crippen LogP contribution in [0.5, 0.6) is 5.75 Å². The second-order valence-corrected chi connectivity index (χ2v) is 10.2. The molecule has 1 fully saturated rings. The zero-order valence-corrected chi connectivity index (χ0v) is 18.9. The molecule has 2 aromatic rings. The summed E-state index contributed by atoms with van der Waals surface area (Å²) in [6.07, 6.45) is 4.89. The summed E-state index contributed by atoms with van der Waals surface area (Å²) in [6, 6.07) is 16.2. The molecule has 1 aliphatic carbocycles. The Bertz CT molecular complexity index is 842. The number of ether oxygens (including phenoxy) is 1. The third-order valence-corrected chi connectivity index (χ3v) is 6.94. The van der Waals surface area contributed by atoms with Gasteiger partial charge in [-0.05, 0) is 78.4 Å². The lowest BCUT2D eigenvalue weighted by atomic mass is 9.85. The van der Waals surface area contributed by atoms with Crippen LogP contribution < -0.4 is 4.74 Å². The van der Waals surface area contributed by atoms with Crippen molar-refractivity contribution in [1.82, 2.24) is 4.90 Å². The molecule has 4 rings (SSSR count). The molecule has 2 aliphatic rings. The normalized spacial score (nSPS) is 23.2. The first-order valence-electron chi connectivity index (χ1n) is 11.5. The van der Waals surface area contributed by atoms with Crippen LogP contribution in [0.4, 0.5) is 0 Å². The van der Waals surface area contributed by atoms with Gasteiger partial charge < -0.3 is 4.74 Å². The van der Waals surface area contributed by atoms with E-state index in [1.807, 2.05) is 0 Å². The molecule has 2 aromatic carbocycles. The maximum Gasteiger partial charge on any atom is 0.140 e. The van der Waals surface area contributed by atoms with Gasteiger partial charge in [-0.2, -0.15) is 0 Å². The van der Waals surface area contributed by atoms with E-state index in [1.54, 1.807) is 0 Å². The first-order chi connectivity index (χ1) is 13.9. The monoisotopic (exact) mass is 391 g/mol. The minimum atomic E-state index is 0.0642. The fourth-order valence-corrected chi connectivity index (χ4v) is 4.98. The Labute approximate surface area is 177 Å². The number of rotatable bonds is 4. The molecule has 0 aromatic heterocycles. The Morgan fingerprint density at radius 2 is 1.76 bits per heavy atom. The van der Waals surface area contributed by atoms with Crippen LogP contribution in [-0.4, -0.2) is 24.0 Å². The van der Waals surface area contributed by atoms with Gasteiger partial charge in [0.15, 0.2) is 0 Å². The molecule has 0 N–H and O–H groups in total. The molecule has 29 heavy (non-hydrogen) atoms. The summed E-state index contributed by atoms with van der Waals surface area (Å²) in [7, 11) is 0. The van der Waals surface area contributed by atoms with Crippen molar-refractivity contribution in [2.75, 3.05) is 13.1 Å². The molecule has 2 nitrogen and oxygen atoms in total. The van der Waals surface area contributed by atoms with E-state index in [-0.39, 0.29) is 11.5 Å². The number of nitrogens with zero attached hydrogens (tertiary/aromatic N) is 1. The van der Waals surface area contributed by atoms with Gasteiger partial charge in [0.25, 0.3) is 0 Å². The number of benzene rings is 2. The fourth-order valence-electron chi connectivity index (χ4n) is 4.98. The van der Waals surface area contributed by atoms with E-state index in [0.717, 1.165) is 24.5 Å². The topological polar surface area (TPSA) is 12.5 Å². The fraction of sp³-hybridized carbons (Fsp3) is 0.556. The molecule has 0 bridgehead atoms. The summed E-state index contributed by atoms with van der Waals surface area (Å²) in [5, 5.41) is 0. The summed E-state index contributed by atoms with van der Waals surface area (Å²) < 4.78 is 6.91. The van der Waals surface area contributed by atoms with Crippen molar-refractivity contribution in [2.45, 2.75) is 77.9 Å². The van der Waals surface area contributed by atoms with Crippen LogP contribution in [-0.2, 0) is 18.3 Å². The van der Waals surface area contributed by atoms with Gasteiger partial charge in [0.1, 0.15) is 11.9 Å². The van der Waals surface area contributed by atoms with E-state index < -0.39 is 0 Å². The summed E-state index contributed by atoms with van der Waals surface area (Å²) in [5.74, 6) is 1.91. The van der Waals surface area contributed by atoms with Crippen molar-refractivity contribution < 1.29 is 4.74 Å². The van der Waals surface area contributed by atoms with Crippen LogP contribution >= 0.6 is 0 Å². The van der Waals surface area contributed by atoms with Crippen molar-refractivity contribution in [1.29, 1.82) is 0 Å². The van der Waals surface area contributed by atoms with Crippen molar-refractivity contribution in [3.05, 3.63) is 64.7 Å². The number of likely N-dealkylation sites (tertiary alicyclic amines) is 1. The van der Waals surface area contributed by atoms with E-state index in [0.29, 0.717) is 6.04 Å². The summed E-state index contributed by atoms with van der Waals surface area (Å²) in [6.45, 7) is 13.9. The van der Waals surface area contributed by atoms with Crippen molar-refractivity contribution in [3.63, 3.8) is 0 Å². The first kappa shape index (κ1) is 20.5. The van der Waals surface area contributed by atoms with Crippen LogP contribution in [0, 0.1) is 5.92 Å². The van der Waals surface area contributed by atoms with Crippen molar-refractivity contribution in [3.8, 4) is 5.75 Å². The van der Waals surface area contributed by atoms with Gasteiger partial charge in [-0.25, -0.2) is 0 Å². The maximum absolute atomic E-state index is 6.91. The minimum absolute atomic E-state index is 0.0642. The third-order valence-electron chi connectivity index (χ3n) is 6.94. The van der Waals surface area contributed by atoms with E-state index in [9.17, 15) is 0 Å². The lowest BCUT2D eigenvalue weighted by Crippen LogP contribution is -2.44. The molecule has 0 spiro atoms. The molecule has 1 saturated heterocycles. The molecule has 2 atom stereocenters. The highest BCUT2D eigenvalue weighted by atomic mass is 16.5. The van der Waals surface area contributed by atoms with Crippen LogP contribution in [0.15, 0.2) is 42.5 Å². The Balaban J connectivity index is 1.68. The second-order valence-electron chi connectivity index (χ2n) is 10.2. The number of hydrogen-bond donors (Lipinski definition) is 0. The molecule has 0 amide bonds. The van der Waals surface area contributed by atoms with Gasteiger partial charge in [0.05, 0.1) is 6.04 Å². The molecule has 2 heteroatoms. The smallest absolute Gasteiger partial charge is 0.140 e. The Morgan fingerprint density at radius 3 is 2.45 bits per heavy atom. The molecule has 1 unspecified atom stereocenters. The summed E-state index contributed by atoms with van der Waals surface area (Å²) >= 11 is 0. The molecular weight excluding hydrogens is 354 g/mol. The third kappa shape index (κ3) is 4.23. The predicted molar refractivity (Wildman–Crippen MR) is 122 cm³/mol. The average molecular weight is 392 g/mol. The van der Waals surface area contributed by atoms with Crippen molar-refractivity contribution in [2.24, 2.45) is 5.92 Å². The van der Waals surface area contributed by atoms with E-state index in [1.165, 1.54) is 48.2 Å². The average Bonchev–Trinajstić information content (AvgIpc) is 3.06. The van der Waals surface area contributed by atoms with Gasteiger partial charge in [0.2, 0.25) is 0 Å². The molecule has 1 heterocycles. The number of fused-ring (bicyclic) bond motifs is 1. The molecule has 1 aliphatic heterocycles. The minimum Gasteiger partial charge on any atom is -0.484 e. The van der Waals surface area contributed by atoms with Gasteiger partial charge in [-0.3, -0.25) is 4.90 Å². The van der Waals surface area contributed by atoms with Crippen LogP contribution in [0.3, 0.4) is 0 Å². The first-order valence-corrected chi connectivity index (χ1v) is 11.5. The number of piperidine rings is 1. The lowest BCUT2D eigenvalue weighted by Gasteiger charge is -2.38. The van der Waals surface area contributed by atoms with Crippen LogP contribution in [0.1, 0.15) is 75.8 Å². The maximum atomic E-state index is 6.91. The number of aryl methyl sites for hydroxylation is 1. The molecule has 156 valence electrons.